The number of rotatable bonds is 10. The standard InChI is InChI=1S/C26H31Cl2FN2O5S/c1-4-37(35,36)31-22(16-5-7-18(27)8-6-16)9-15(2)24-21(17-10-19(28)12-20(29)11-17)13-26(3,14-23(32)33)25(34)30-24/h5-8,10-12,15,21-22,24,31H,4,9,13-14H2,1-3H3,(H,30,34)(H,32,33). The molecule has 1 aliphatic rings. The minimum absolute atomic E-state index is 0.108. The first kappa shape index (κ1) is 29.4. The summed E-state index contributed by atoms with van der Waals surface area (Å²) in [5.74, 6) is -2.94. The molecule has 1 fully saturated rings. The molecule has 2 aromatic rings. The minimum atomic E-state index is -3.58. The van der Waals surface area contributed by atoms with Crippen LogP contribution in [-0.2, 0) is 19.6 Å². The van der Waals surface area contributed by atoms with Crippen molar-refractivity contribution < 1.29 is 27.5 Å². The lowest BCUT2D eigenvalue weighted by atomic mass is 9.67. The van der Waals surface area contributed by atoms with Gasteiger partial charge in [-0.05, 0) is 67.1 Å². The normalized spacial score (nSPS) is 23.8. The van der Waals surface area contributed by atoms with Crippen LogP contribution in [0, 0.1) is 17.2 Å². The maximum Gasteiger partial charge on any atom is 0.304 e. The maximum atomic E-state index is 14.3. The fourth-order valence-electron chi connectivity index (χ4n) is 5.04. The first-order valence-electron chi connectivity index (χ1n) is 12.0. The van der Waals surface area contributed by atoms with Gasteiger partial charge in [0, 0.05) is 28.0 Å². The van der Waals surface area contributed by atoms with Gasteiger partial charge in [-0.3, -0.25) is 9.59 Å². The smallest absolute Gasteiger partial charge is 0.304 e. The molecule has 0 aliphatic carbocycles. The van der Waals surface area contributed by atoms with Gasteiger partial charge in [-0.25, -0.2) is 17.5 Å². The van der Waals surface area contributed by atoms with Crippen molar-refractivity contribution in [3.8, 4) is 0 Å². The average Bonchev–Trinajstić information content (AvgIpc) is 2.79. The number of aliphatic carboxylic acids is 1. The Kier molecular flexibility index (Phi) is 9.27. The predicted molar refractivity (Wildman–Crippen MR) is 142 cm³/mol. The highest BCUT2D eigenvalue weighted by Crippen LogP contribution is 2.44. The number of hydrogen-bond acceptors (Lipinski definition) is 4. The van der Waals surface area contributed by atoms with E-state index in [2.05, 4.69) is 10.0 Å². The summed E-state index contributed by atoms with van der Waals surface area (Å²) in [6, 6.07) is 9.81. The molecule has 5 unspecified atom stereocenters. The Balaban J connectivity index is 1.99. The van der Waals surface area contributed by atoms with Gasteiger partial charge in [-0.1, -0.05) is 49.2 Å². The second-order valence-electron chi connectivity index (χ2n) is 9.98. The van der Waals surface area contributed by atoms with E-state index < -0.39 is 51.1 Å². The van der Waals surface area contributed by atoms with Crippen LogP contribution in [0.5, 0.6) is 0 Å². The molecular formula is C26H31Cl2FN2O5S. The van der Waals surface area contributed by atoms with Crippen LogP contribution in [0.25, 0.3) is 0 Å². The molecule has 5 atom stereocenters. The van der Waals surface area contributed by atoms with Gasteiger partial charge in [0.1, 0.15) is 5.82 Å². The number of carbonyl (C=O) groups excluding carboxylic acids is 1. The minimum Gasteiger partial charge on any atom is -0.481 e. The molecule has 0 saturated carbocycles. The first-order chi connectivity index (χ1) is 17.2. The summed E-state index contributed by atoms with van der Waals surface area (Å²) in [6.45, 7) is 5.00. The zero-order valence-corrected chi connectivity index (χ0v) is 23.1. The Morgan fingerprint density at radius 2 is 1.86 bits per heavy atom. The molecule has 202 valence electrons. The van der Waals surface area contributed by atoms with Crippen LogP contribution in [0.3, 0.4) is 0 Å². The van der Waals surface area contributed by atoms with E-state index in [4.69, 9.17) is 23.2 Å². The Morgan fingerprint density at radius 1 is 1.22 bits per heavy atom. The summed E-state index contributed by atoms with van der Waals surface area (Å²) in [5.41, 5.74) is 0.0253. The number of halogens is 3. The summed E-state index contributed by atoms with van der Waals surface area (Å²) >= 11 is 12.2. The average molecular weight is 574 g/mol. The zero-order valence-electron chi connectivity index (χ0n) is 20.8. The Bertz CT molecular complexity index is 1240. The number of amides is 1. The van der Waals surface area contributed by atoms with Gasteiger partial charge >= 0.3 is 5.97 Å². The number of sulfonamides is 1. The molecule has 3 rings (SSSR count). The number of carboxylic acids is 1. The summed E-state index contributed by atoms with van der Waals surface area (Å²) in [7, 11) is -3.58. The number of piperidine rings is 1. The van der Waals surface area contributed by atoms with Crippen LogP contribution in [-0.4, -0.2) is 37.2 Å². The van der Waals surface area contributed by atoms with Gasteiger partial charge in [-0.2, -0.15) is 0 Å². The van der Waals surface area contributed by atoms with Gasteiger partial charge in [0.2, 0.25) is 15.9 Å². The molecule has 0 radical (unpaired) electrons. The van der Waals surface area contributed by atoms with Crippen molar-refractivity contribution in [2.24, 2.45) is 11.3 Å². The molecule has 1 amide bonds. The zero-order chi connectivity index (χ0) is 27.5. The number of carbonyl (C=O) groups is 2. The van der Waals surface area contributed by atoms with Gasteiger partial charge < -0.3 is 10.4 Å². The van der Waals surface area contributed by atoms with Crippen LogP contribution in [0.2, 0.25) is 10.0 Å². The van der Waals surface area contributed by atoms with E-state index in [9.17, 15) is 27.5 Å². The van der Waals surface area contributed by atoms with Crippen molar-refractivity contribution in [1.82, 2.24) is 10.0 Å². The van der Waals surface area contributed by atoms with Gasteiger partial charge in [0.05, 0.1) is 17.6 Å². The van der Waals surface area contributed by atoms with Crippen molar-refractivity contribution in [2.75, 3.05) is 5.75 Å². The SMILES string of the molecule is CCS(=O)(=O)NC(CC(C)C1NC(=O)C(C)(CC(=O)O)CC1c1cc(F)cc(Cl)c1)c1ccc(Cl)cc1. The van der Waals surface area contributed by atoms with Crippen LogP contribution in [0.4, 0.5) is 4.39 Å². The summed E-state index contributed by atoms with van der Waals surface area (Å²) in [4.78, 5) is 24.7. The lowest BCUT2D eigenvalue weighted by Crippen LogP contribution is -2.56. The molecule has 2 aromatic carbocycles. The first-order valence-corrected chi connectivity index (χ1v) is 14.4. The Hall–Kier alpha value is -2.20. The van der Waals surface area contributed by atoms with Crippen LogP contribution < -0.4 is 10.0 Å². The Morgan fingerprint density at radius 3 is 2.43 bits per heavy atom. The molecule has 0 aromatic heterocycles. The molecule has 0 spiro atoms. The highest BCUT2D eigenvalue weighted by Gasteiger charge is 2.47. The quantitative estimate of drug-likeness (QED) is 0.358. The fourth-order valence-corrected chi connectivity index (χ4v) is 6.23. The highest BCUT2D eigenvalue weighted by molar-refractivity contribution is 7.89. The second-order valence-corrected chi connectivity index (χ2v) is 12.9. The van der Waals surface area contributed by atoms with E-state index in [1.165, 1.54) is 12.1 Å². The van der Waals surface area contributed by atoms with Crippen molar-refractivity contribution in [3.05, 3.63) is 69.5 Å². The number of nitrogens with one attached hydrogen (secondary N) is 2. The number of carboxylic acid groups (broad SMARTS) is 1. The Labute approximate surface area is 226 Å². The molecule has 7 nitrogen and oxygen atoms in total. The lowest BCUT2D eigenvalue weighted by molar-refractivity contribution is -0.147. The van der Waals surface area contributed by atoms with E-state index in [1.54, 1.807) is 44.2 Å². The molecule has 1 heterocycles. The van der Waals surface area contributed by atoms with Crippen molar-refractivity contribution in [1.29, 1.82) is 0 Å². The molecule has 1 aliphatic heterocycles. The third-order valence-corrected chi connectivity index (χ3v) is 8.87. The van der Waals surface area contributed by atoms with Gasteiger partial charge in [0.15, 0.2) is 0 Å². The van der Waals surface area contributed by atoms with E-state index in [0.717, 1.165) is 0 Å². The molecule has 37 heavy (non-hydrogen) atoms. The van der Waals surface area contributed by atoms with E-state index in [1.807, 2.05) is 6.92 Å². The van der Waals surface area contributed by atoms with E-state index >= 15 is 0 Å². The molecule has 3 N–H and O–H groups in total. The monoisotopic (exact) mass is 572 g/mol. The van der Waals surface area contributed by atoms with Crippen LogP contribution in [0.15, 0.2) is 42.5 Å². The highest BCUT2D eigenvalue weighted by atomic mass is 35.5. The lowest BCUT2D eigenvalue weighted by Gasteiger charge is -2.45. The van der Waals surface area contributed by atoms with Crippen molar-refractivity contribution in [3.63, 3.8) is 0 Å². The predicted octanol–water partition coefficient (Wildman–Crippen LogP) is 5.29. The number of benzene rings is 2. The molecule has 1 saturated heterocycles. The van der Waals surface area contributed by atoms with Crippen molar-refractivity contribution >= 4 is 45.1 Å². The van der Waals surface area contributed by atoms with Crippen LogP contribution >= 0.6 is 23.2 Å². The topological polar surface area (TPSA) is 113 Å². The summed E-state index contributed by atoms with van der Waals surface area (Å²) < 4.78 is 42.0. The van der Waals surface area contributed by atoms with Crippen LogP contribution in [0.1, 0.15) is 63.1 Å². The number of hydrogen-bond donors (Lipinski definition) is 3. The van der Waals surface area contributed by atoms with Gasteiger partial charge in [0.25, 0.3) is 0 Å². The van der Waals surface area contributed by atoms with Gasteiger partial charge in [-0.15, -0.1) is 0 Å². The molecule has 0 bridgehead atoms. The largest absolute Gasteiger partial charge is 0.481 e. The third-order valence-electron chi connectivity index (χ3n) is 7.00. The maximum absolute atomic E-state index is 14.3. The molecule has 11 heteroatoms. The van der Waals surface area contributed by atoms with Crippen molar-refractivity contribution in [2.45, 2.75) is 58.0 Å². The fraction of sp³-hybridized carbons (Fsp3) is 0.462. The third kappa shape index (κ3) is 7.44. The summed E-state index contributed by atoms with van der Waals surface area (Å²) in [6.07, 6.45) is 0.0798. The second kappa shape index (κ2) is 11.7. The summed E-state index contributed by atoms with van der Waals surface area (Å²) in [5, 5.41) is 13.1. The van der Waals surface area contributed by atoms with E-state index in [0.29, 0.717) is 22.6 Å². The van der Waals surface area contributed by atoms with E-state index in [-0.39, 0.29) is 29.5 Å². The molecular weight excluding hydrogens is 542 g/mol.